The van der Waals surface area contributed by atoms with Crippen LogP contribution in [0.1, 0.15) is 24.1 Å². The molecule has 0 aliphatic heterocycles. The second-order valence-electron chi connectivity index (χ2n) is 4.48. The molecular formula is C15H13Cl2F2N. The summed E-state index contributed by atoms with van der Waals surface area (Å²) >= 11 is 12.1. The SMILES string of the molecule is CC(NCc1c(Cl)cccc1Cl)c1ccc(F)c(F)c1. The molecule has 2 aromatic carbocycles. The van der Waals surface area contributed by atoms with Gasteiger partial charge in [-0.1, -0.05) is 35.3 Å². The molecule has 2 rings (SSSR count). The first-order valence-electron chi connectivity index (χ1n) is 6.10. The second-order valence-corrected chi connectivity index (χ2v) is 5.29. The van der Waals surface area contributed by atoms with Crippen LogP contribution in [0, 0.1) is 11.6 Å². The van der Waals surface area contributed by atoms with E-state index in [0.717, 1.165) is 11.6 Å². The van der Waals surface area contributed by atoms with Crippen molar-refractivity contribution in [3.63, 3.8) is 0 Å². The van der Waals surface area contributed by atoms with Crippen molar-refractivity contribution in [2.24, 2.45) is 0 Å². The van der Waals surface area contributed by atoms with Crippen LogP contribution in [-0.4, -0.2) is 0 Å². The molecular weight excluding hydrogens is 303 g/mol. The van der Waals surface area contributed by atoms with Gasteiger partial charge in [-0.05, 0) is 36.8 Å². The van der Waals surface area contributed by atoms with Gasteiger partial charge in [-0.2, -0.15) is 0 Å². The fourth-order valence-corrected chi connectivity index (χ4v) is 2.39. The van der Waals surface area contributed by atoms with E-state index in [2.05, 4.69) is 5.32 Å². The van der Waals surface area contributed by atoms with Crippen molar-refractivity contribution in [1.82, 2.24) is 5.32 Å². The zero-order valence-electron chi connectivity index (χ0n) is 10.8. The lowest BCUT2D eigenvalue weighted by Gasteiger charge is -2.16. The zero-order valence-corrected chi connectivity index (χ0v) is 12.3. The summed E-state index contributed by atoms with van der Waals surface area (Å²) in [5, 5.41) is 4.33. The zero-order chi connectivity index (χ0) is 14.7. The van der Waals surface area contributed by atoms with Gasteiger partial charge in [0.25, 0.3) is 0 Å². The van der Waals surface area contributed by atoms with Crippen LogP contribution in [0.5, 0.6) is 0 Å². The predicted octanol–water partition coefficient (Wildman–Crippen LogP) is 5.12. The topological polar surface area (TPSA) is 12.0 Å². The Morgan fingerprint density at radius 1 is 1.05 bits per heavy atom. The Morgan fingerprint density at radius 3 is 2.30 bits per heavy atom. The number of hydrogen-bond acceptors (Lipinski definition) is 1. The van der Waals surface area contributed by atoms with Crippen molar-refractivity contribution < 1.29 is 8.78 Å². The van der Waals surface area contributed by atoms with Crippen LogP contribution >= 0.6 is 23.2 Å². The largest absolute Gasteiger partial charge is 0.306 e. The molecule has 0 radical (unpaired) electrons. The van der Waals surface area contributed by atoms with Crippen LogP contribution < -0.4 is 5.32 Å². The van der Waals surface area contributed by atoms with Crippen LogP contribution in [0.3, 0.4) is 0 Å². The lowest BCUT2D eigenvalue weighted by molar-refractivity contribution is 0.500. The normalized spacial score (nSPS) is 12.4. The third-order valence-electron chi connectivity index (χ3n) is 3.09. The monoisotopic (exact) mass is 315 g/mol. The van der Waals surface area contributed by atoms with E-state index in [0.29, 0.717) is 22.2 Å². The van der Waals surface area contributed by atoms with Crippen LogP contribution in [-0.2, 0) is 6.54 Å². The molecule has 0 saturated heterocycles. The summed E-state index contributed by atoms with van der Waals surface area (Å²) in [6.07, 6.45) is 0. The van der Waals surface area contributed by atoms with Gasteiger partial charge in [-0.25, -0.2) is 8.78 Å². The molecule has 0 saturated carbocycles. The summed E-state index contributed by atoms with van der Waals surface area (Å²) in [4.78, 5) is 0. The van der Waals surface area contributed by atoms with Crippen LogP contribution in [0.15, 0.2) is 36.4 Å². The smallest absolute Gasteiger partial charge is 0.159 e. The highest BCUT2D eigenvalue weighted by molar-refractivity contribution is 6.35. The molecule has 1 unspecified atom stereocenters. The van der Waals surface area contributed by atoms with Crippen LogP contribution in [0.2, 0.25) is 10.0 Å². The maximum Gasteiger partial charge on any atom is 0.159 e. The van der Waals surface area contributed by atoms with Gasteiger partial charge in [0.15, 0.2) is 11.6 Å². The minimum Gasteiger partial charge on any atom is -0.306 e. The van der Waals surface area contributed by atoms with Crippen molar-refractivity contribution in [2.45, 2.75) is 19.5 Å². The molecule has 0 aromatic heterocycles. The first kappa shape index (κ1) is 15.2. The number of hydrogen-bond donors (Lipinski definition) is 1. The number of nitrogens with one attached hydrogen (secondary N) is 1. The van der Waals surface area contributed by atoms with Crippen molar-refractivity contribution in [1.29, 1.82) is 0 Å². The minimum atomic E-state index is -0.855. The Kier molecular flexibility index (Phi) is 4.97. The highest BCUT2D eigenvalue weighted by atomic mass is 35.5. The van der Waals surface area contributed by atoms with Gasteiger partial charge in [-0.3, -0.25) is 0 Å². The first-order valence-corrected chi connectivity index (χ1v) is 6.86. The molecule has 0 amide bonds. The molecule has 0 heterocycles. The summed E-state index contributed by atoms with van der Waals surface area (Å²) in [5.74, 6) is -1.71. The lowest BCUT2D eigenvalue weighted by atomic mass is 10.1. The van der Waals surface area contributed by atoms with E-state index in [1.165, 1.54) is 6.07 Å². The van der Waals surface area contributed by atoms with Gasteiger partial charge in [0.2, 0.25) is 0 Å². The van der Waals surface area contributed by atoms with E-state index in [1.54, 1.807) is 24.3 Å². The molecule has 1 atom stereocenters. The fourth-order valence-electron chi connectivity index (χ4n) is 1.86. The molecule has 1 N–H and O–H groups in total. The number of halogens is 4. The summed E-state index contributed by atoms with van der Waals surface area (Å²) in [6.45, 7) is 2.30. The molecule has 0 fully saturated rings. The molecule has 0 spiro atoms. The Balaban J connectivity index is 2.08. The van der Waals surface area contributed by atoms with Gasteiger partial charge < -0.3 is 5.32 Å². The third-order valence-corrected chi connectivity index (χ3v) is 3.80. The van der Waals surface area contributed by atoms with Gasteiger partial charge in [0.05, 0.1) is 0 Å². The molecule has 1 nitrogen and oxygen atoms in total. The average Bonchev–Trinajstić information content (AvgIpc) is 2.41. The van der Waals surface area contributed by atoms with E-state index < -0.39 is 11.6 Å². The Bertz CT molecular complexity index is 597. The first-order chi connectivity index (χ1) is 9.49. The highest BCUT2D eigenvalue weighted by Crippen LogP contribution is 2.25. The third kappa shape index (κ3) is 3.48. The number of benzene rings is 2. The maximum absolute atomic E-state index is 13.2. The summed E-state index contributed by atoms with van der Waals surface area (Å²) in [7, 11) is 0. The van der Waals surface area contributed by atoms with E-state index in [9.17, 15) is 8.78 Å². The van der Waals surface area contributed by atoms with Crippen molar-refractivity contribution in [2.75, 3.05) is 0 Å². The summed E-state index contributed by atoms with van der Waals surface area (Å²) < 4.78 is 26.1. The lowest BCUT2D eigenvalue weighted by Crippen LogP contribution is -2.18. The average molecular weight is 316 g/mol. The molecule has 5 heteroatoms. The maximum atomic E-state index is 13.2. The number of rotatable bonds is 4. The highest BCUT2D eigenvalue weighted by Gasteiger charge is 2.11. The Labute approximate surface area is 126 Å². The fraction of sp³-hybridized carbons (Fsp3) is 0.200. The molecule has 0 bridgehead atoms. The van der Waals surface area contributed by atoms with Crippen molar-refractivity contribution in [3.8, 4) is 0 Å². The van der Waals surface area contributed by atoms with E-state index >= 15 is 0 Å². The predicted molar refractivity (Wildman–Crippen MR) is 78.1 cm³/mol. The summed E-state index contributed by atoms with van der Waals surface area (Å²) in [5.41, 5.74) is 1.44. The molecule has 0 aliphatic carbocycles. The molecule has 106 valence electrons. The summed E-state index contributed by atoms with van der Waals surface area (Å²) in [6, 6.07) is 8.97. The van der Waals surface area contributed by atoms with Gasteiger partial charge in [-0.15, -0.1) is 0 Å². The molecule has 0 aliphatic rings. The molecule has 2 aromatic rings. The van der Waals surface area contributed by atoms with E-state index in [1.807, 2.05) is 6.92 Å². The van der Waals surface area contributed by atoms with E-state index in [-0.39, 0.29) is 6.04 Å². The Morgan fingerprint density at radius 2 is 1.70 bits per heavy atom. The van der Waals surface area contributed by atoms with Crippen LogP contribution in [0.4, 0.5) is 8.78 Å². The van der Waals surface area contributed by atoms with Crippen molar-refractivity contribution >= 4 is 23.2 Å². The van der Waals surface area contributed by atoms with Crippen LogP contribution in [0.25, 0.3) is 0 Å². The van der Waals surface area contributed by atoms with Gasteiger partial charge in [0.1, 0.15) is 0 Å². The molecule has 20 heavy (non-hydrogen) atoms. The van der Waals surface area contributed by atoms with Crippen molar-refractivity contribution in [3.05, 3.63) is 69.2 Å². The minimum absolute atomic E-state index is 0.155. The standard InChI is InChI=1S/C15H13Cl2F2N/c1-9(10-5-6-14(18)15(19)7-10)20-8-11-12(16)3-2-4-13(11)17/h2-7,9,20H,8H2,1H3. The Hall–Kier alpha value is -1.16. The quantitative estimate of drug-likeness (QED) is 0.825. The van der Waals surface area contributed by atoms with Gasteiger partial charge >= 0.3 is 0 Å². The van der Waals surface area contributed by atoms with E-state index in [4.69, 9.17) is 23.2 Å². The second kappa shape index (κ2) is 6.53. The van der Waals surface area contributed by atoms with Gasteiger partial charge in [0, 0.05) is 28.2 Å².